The number of methoxy groups -OCH3 is 2. The average Bonchev–Trinajstić information content (AvgIpc) is 3.02. The van der Waals surface area contributed by atoms with E-state index in [0.29, 0.717) is 35.8 Å². The summed E-state index contributed by atoms with van der Waals surface area (Å²) in [4.78, 5) is 38.5. The van der Waals surface area contributed by atoms with Gasteiger partial charge in [-0.15, -0.1) is 0 Å². The average molecular weight is 587 g/mol. The zero-order chi connectivity index (χ0) is 30.3. The highest BCUT2D eigenvalue weighted by atomic mass is 19.2. The first kappa shape index (κ1) is 29.1. The maximum atomic E-state index is 13.6. The minimum Gasteiger partial charge on any atom is -0.493 e. The lowest BCUT2D eigenvalue weighted by Gasteiger charge is -2.12. The van der Waals surface area contributed by atoms with Crippen molar-refractivity contribution in [3.8, 4) is 11.5 Å². The summed E-state index contributed by atoms with van der Waals surface area (Å²) < 4.78 is 38.7. The number of nitrogens with zero attached hydrogens (tertiary/aromatic N) is 4. The third kappa shape index (κ3) is 6.75. The number of carbonyl (C=O) groups is 1. The molecule has 12 heteroatoms. The van der Waals surface area contributed by atoms with E-state index < -0.39 is 23.1 Å². The lowest BCUT2D eigenvalue weighted by atomic mass is 10.1. The number of ether oxygens (including phenoxy) is 2. The van der Waals surface area contributed by atoms with Gasteiger partial charge in [0.2, 0.25) is 0 Å². The molecule has 0 radical (unpaired) electrons. The normalized spacial score (nSPS) is 10.9. The van der Waals surface area contributed by atoms with Crippen LogP contribution >= 0.6 is 0 Å². The van der Waals surface area contributed by atoms with Crippen LogP contribution in [0.1, 0.15) is 27.0 Å². The first-order chi connectivity index (χ1) is 20.9. The number of fused-ring (bicyclic) bond motifs is 1. The fraction of sp³-hybridized carbons (Fsp3) is 0.194. The standard InChI is InChI=1S/C31H28F2N6O4/c1-42-27-8-5-19(13-28(27)43-2)9-10-35-29-22-11-20(4-7-26(22)37-17-38-29)14-36-30(40)23-15-34-18-39(31(23)41)16-21-3-6-24(32)25(33)12-21/h3-8,11-13,15,17-18H,9-10,14,16H2,1-2H3,(H,36,40)(H,35,37,38). The fourth-order valence-corrected chi connectivity index (χ4v) is 4.55. The van der Waals surface area contributed by atoms with Crippen molar-refractivity contribution in [1.82, 2.24) is 24.8 Å². The Balaban J connectivity index is 1.25. The molecule has 1 amide bonds. The van der Waals surface area contributed by atoms with Crippen LogP contribution in [0.5, 0.6) is 11.5 Å². The smallest absolute Gasteiger partial charge is 0.266 e. The molecule has 0 saturated heterocycles. The van der Waals surface area contributed by atoms with E-state index in [4.69, 9.17) is 9.47 Å². The van der Waals surface area contributed by atoms with Crippen LogP contribution in [0.3, 0.4) is 0 Å². The van der Waals surface area contributed by atoms with E-state index in [1.807, 2.05) is 36.4 Å². The van der Waals surface area contributed by atoms with Gasteiger partial charge in [0.05, 0.1) is 32.6 Å². The fourth-order valence-electron chi connectivity index (χ4n) is 4.55. The second-order valence-corrected chi connectivity index (χ2v) is 9.61. The summed E-state index contributed by atoms with van der Waals surface area (Å²) in [6, 6.07) is 14.6. The van der Waals surface area contributed by atoms with E-state index in [2.05, 4.69) is 25.6 Å². The van der Waals surface area contributed by atoms with Crippen molar-refractivity contribution < 1.29 is 23.0 Å². The van der Waals surface area contributed by atoms with Gasteiger partial charge in [0, 0.05) is 24.7 Å². The Bertz CT molecular complexity index is 1850. The summed E-state index contributed by atoms with van der Waals surface area (Å²) >= 11 is 0. The van der Waals surface area contributed by atoms with Crippen LogP contribution in [0.4, 0.5) is 14.6 Å². The Kier molecular flexibility index (Phi) is 8.85. The Morgan fingerprint density at radius 2 is 1.70 bits per heavy atom. The van der Waals surface area contributed by atoms with Crippen molar-refractivity contribution in [2.24, 2.45) is 0 Å². The highest BCUT2D eigenvalue weighted by molar-refractivity contribution is 5.93. The van der Waals surface area contributed by atoms with Gasteiger partial charge in [-0.05, 0) is 59.5 Å². The number of aromatic nitrogens is 4. The van der Waals surface area contributed by atoms with Gasteiger partial charge in [0.1, 0.15) is 17.7 Å². The molecule has 43 heavy (non-hydrogen) atoms. The van der Waals surface area contributed by atoms with Crippen LogP contribution < -0.4 is 25.7 Å². The van der Waals surface area contributed by atoms with Crippen molar-refractivity contribution in [2.45, 2.75) is 19.5 Å². The highest BCUT2D eigenvalue weighted by Crippen LogP contribution is 2.28. The number of benzene rings is 3. The Morgan fingerprint density at radius 3 is 2.49 bits per heavy atom. The van der Waals surface area contributed by atoms with Crippen molar-refractivity contribution >= 4 is 22.6 Å². The topological polar surface area (TPSA) is 120 Å². The van der Waals surface area contributed by atoms with E-state index in [-0.39, 0.29) is 18.7 Å². The Labute approximate surface area is 245 Å². The second kappa shape index (κ2) is 13.1. The van der Waals surface area contributed by atoms with Crippen LogP contribution in [0.15, 0.2) is 78.2 Å². The molecule has 2 heterocycles. The second-order valence-electron chi connectivity index (χ2n) is 9.61. The maximum absolute atomic E-state index is 13.6. The summed E-state index contributed by atoms with van der Waals surface area (Å²) in [5.74, 6) is -0.658. The monoisotopic (exact) mass is 586 g/mol. The molecule has 2 N–H and O–H groups in total. The summed E-state index contributed by atoms with van der Waals surface area (Å²) in [6.45, 7) is 0.656. The molecular formula is C31H28F2N6O4. The van der Waals surface area contributed by atoms with Gasteiger partial charge < -0.3 is 20.1 Å². The van der Waals surface area contributed by atoms with Crippen molar-refractivity contribution in [2.75, 3.05) is 26.1 Å². The molecular weight excluding hydrogens is 558 g/mol. The number of amides is 1. The summed E-state index contributed by atoms with van der Waals surface area (Å²) in [6.07, 6.45) is 4.61. The lowest BCUT2D eigenvalue weighted by molar-refractivity contribution is 0.0948. The van der Waals surface area contributed by atoms with E-state index in [1.165, 1.54) is 24.9 Å². The largest absolute Gasteiger partial charge is 0.493 e. The van der Waals surface area contributed by atoms with Gasteiger partial charge in [-0.25, -0.2) is 23.7 Å². The molecule has 3 aromatic carbocycles. The summed E-state index contributed by atoms with van der Waals surface area (Å²) in [5.41, 5.74) is 2.13. The molecule has 5 aromatic rings. The SMILES string of the molecule is COc1ccc(CCNc2ncnc3ccc(CNC(=O)c4cncn(Cc5ccc(F)c(F)c5)c4=O)cc23)cc1OC. The number of hydrogen-bond acceptors (Lipinski definition) is 8. The van der Waals surface area contributed by atoms with Crippen LogP contribution in [0.25, 0.3) is 10.9 Å². The number of rotatable bonds is 11. The molecule has 0 aliphatic rings. The highest BCUT2D eigenvalue weighted by Gasteiger charge is 2.14. The molecule has 0 spiro atoms. The number of hydrogen-bond donors (Lipinski definition) is 2. The van der Waals surface area contributed by atoms with Crippen molar-refractivity contribution in [1.29, 1.82) is 0 Å². The lowest BCUT2D eigenvalue weighted by Crippen LogP contribution is -2.33. The zero-order valence-electron chi connectivity index (χ0n) is 23.4. The molecule has 10 nitrogen and oxygen atoms in total. The Morgan fingerprint density at radius 1 is 0.907 bits per heavy atom. The van der Waals surface area contributed by atoms with Gasteiger partial charge in [-0.3, -0.25) is 14.2 Å². The Hall–Kier alpha value is -5.39. The van der Waals surface area contributed by atoms with Gasteiger partial charge in [-0.2, -0.15) is 0 Å². The van der Waals surface area contributed by atoms with Gasteiger partial charge >= 0.3 is 0 Å². The van der Waals surface area contributed by atoms with Crippen LogP contribution in [0, 0.1) is 11.6 Å². The molecule has 0 saturated carbocycles. The van der Waals surface area contributed by atoms with Crippen molar-refractivity contribution in [3.63, 3.8) is 0 Å². The summed E-state index contributed by atoms with van der Waals surface area (Å²) in [5, 5.41) is 6.88. The predicted molar refractivity (Wildman–Crippen MR) is 156 cm³/mol. The van der Waals surface area contributed by atoms with Gasteiger partial charge in [0.15, 0.2) is 23.1 Å². The third-order valence-electron chi connectivity index (χ3n) is 6.79. The number of halogens is 2. The third-order valence-corrected chi connectivity index (χ3v) is 6.79. The summed E-state index contributed by atoms with van der Waals surface area (Å²) in [7, 11) is 3.19. The molecule has 0 unspecified atom stereocenters. The maximum Gasteiger partial charge on any atom is 0.266 e. The van der Waals surface area contributed by atoms with Crippen molar-refractivity contribution in [3.05, 3.63) is 118 Å². The van der Waals surface area contributed by atoms with Gasteiger partial charge in [-0.1, -0.05) is 18.2 Å². The molecule has 2 aromatic heterocycles. The minimum absolute atomic E-state index is 0.0728. The predicted octanol–water partition coefficient (Wildman–Crippen LogP) is 4.11. The van der Waals surface area contributed by atoms with Gasteiger partial charge in [0.25, 0.3) is 11.5 Å². The molecule has 0 fully saturated rings. The first-order valence-electron chi connectivity index (χ1n) is 13.3. The minimum atomic E-state index is -1.02. The molecule has 5 rings (SSSR count). The first-order valence-corrected chi connectivity index (χ1v) is 13.3. The quantitative estimate of drug-likeness (QED) is 0.237. The number of carbonyl (C=O) groups excluding carboxylic acids is 1. The van der Waals surface area contributed by atoms with E-state index in [9.17, 15) is 18.4 Å². The van der Waals surface area contributed by atoms with E-state index in [1.54, 1.807) is 14.2 Å². The molecule has 0 bridgehead atoms. The van der Waals surface area contributed by atoms with Crippen LogP contribution in [0.2, 0.25) is 0 Å². The molecule has 220 valence electrons. The zero-order valence-corrected chi connectivity index (χ0v) is 23.4. The molecule has 0 aliphatic carbocycles. The van der Waals surface area contributed by atoms with E-state index >= 15 is 0 Å². The van der Waals surface area contributed by atoms with E-state index in [0.717, 1.165) is 38.7 Å². The van der Waals surface area contributed by atoms with Crippen LogP contribution in [-0.4, -0.2) is 46.2 Å². The number of nitrogens with one attached hydrogen (secondary N) is 2. The molecule has 0 aliphatic heterocycles. The van der Waals surface area contributed by atoms with Crippen LogP contribution in [-0.2, 0) is 19.5 Å². The molecule has 0 atom stereocenters. The number of anilines is 1.